The van der Waals surface area contributed by atoms with Crippen molar-refractivity contribution in [1.82, 2.24) is 0 Å². The first-order chi connectivity index (χ1) is 5.63. The summed E-state index contributed by atoms with van der Waals surface area (Å²) >= 11 is 0. The fourth-order valence-corrected chi connectivity index (χ4v) is 1.58. The molecule has 0 aliphatic rings. The standard InChI is InChI=1S/C11H25N/c1-5-7-8-9(3)10(4)11(12)6-2/h9-11H,5-8,12H2,1-4H3/t9-,10-,11+/m1/s1. The summed E-state index contributed by atoms with van der Waals surface area (Å²) in [6.45, 7) is 9.04. The molecule has 0 aromatic carbocycles. The number of nitrogens with two attached hydrogens (primary N) is 1. The van der Waals surface area contributed by atoms with Crippen molar-refractivity contribution in [2.24, 2.45) is 17.6 Å². The summed E-state index contributed by atoms with van der Waals surface area (Å²) in [4.78, 5) is 0. The van der Waals surface area contributed by atoms with Crippen LogP contribution in [0.2, 0.25) is 0 Å². The number of rotatable bonds is 6. The van der Waals surface area contributed by atoms with Crippen LogP contribution in [-0.2, 0) is 0 Å². The highest BCUT2D eigenvalue weighted by Gasteiger charge is 2.17. The van der Waals surface area contributed by atoms with Crippen molar-refractivity contribution in [2.45, 2.75) is 59.4 Å². The van der Waals surface area contributed by atoms with Crippen LogP contribution in [0.15, 0.2) is 0 Å². The molecule has 0 bridgehead atoms. The van der Waals surface area contributed by atoms with E-state index in [1.807, 2.05) is 0 Å². The minimum absolute atomic E-state index is 0.400. The zero-order chi connectivity index (χ0) is 9.56. The molecule has 0 aromatic heterocycles. The van der Waals surface area contributed by atoms with E-state index in [-0.39, 0.29) is 0 Å². The molecule has 1 heteroatoms. The second-order valence-corrected chi connectivity index (χ2v) is 4.05. The molecule has 12 heavy (non-hydrogen) atoms. The van der Waals surface area contributed by atoms with Gasteiger partial charge in [0, 0.05) is 6.04 Å². The molecular formula is C11H25N. The van der Waals surface area contributed by atoms with Gasteiger partial charge in [-0.2, -0.15) is 0 Å². The van der Waals surface area contributed by atoms with Crippen molar-refractivity contribution in [2.75, 3.05) is 0 Å². The summed E-state index contributed by atoms with van der Waals surface area (Å²) in [5.41, 5.74) is 5.99. The van der Waals surface area contributed by atoms with Crippen molar-refractivity contribution in [3.63, 3.8) is 0 Å². The zero-order valence-electron chi connectivity index (χ0n) is 9.14. The average Bonchev–Trinajstić information content (AvgIpc) is 2.11. The quantitative estimate of drug-likeness (QED) is 0.652. The van der Waals surface area contributed by atoms with Gasteiger partial charge in [-0.3, -0.25) is 0 Å². The van der Waals surface area contributed by atoms with Crippen molar-refractivity contribution in [1.29, 1.82) is 0 Å². The highest BCUT2D eigenvalue weighted by Crippen LogP contribution is 2.21. The van der Waals surface area contributed by atoms with Crippen molar-refractivity contribution < 1.29 is 0 Å². The van der Waals surface area contributed by atoms with Crippen LogP contribution in [0, 0.1) is 11.8 Å². The Bertz CT molecular complexity index is 101. The Morgan fingerprint density at radius 3 is 2.17 bits per heavy atom. The maximum Gasteiger partial charge on any atom is 0.00644 e. The molecule has 0 spiro atoms. The maximum absolute atomic E-state index is 5.99. The molecular weight excluding hydrogens is 146 g/mol. The van der Waals surface area contributed by atoms with Gasteiger partial charge >= 0.3 is 0 Å². The normalized spacial score (nSPS) is 18.8. The Labute approximate surface area is 77.7 Å². The third-order valence-corrected chi connectivity index (χ3v) is 3.06. The molecule has 1 nitrogen and oxygen atoms in total. The van der Waals surface area contributed by atoms with Gasteiger partial charge in [-0.1, -0.05) is 47.0 Å². The van der Waals surface area contributed by atoms with Crippen LogP contribution in [0.25, 0.3) is 0 Å². The maximum atomic E-state index is 5.99. The fourth-order valence-electron chi connectivity index (χ4n) is 1.58. The van der Waals surface area contributed by atoms with E-state index >= 15 is 0 Å². The minimum Gasteiger partial charge on any atom is -0.327 e. The first-order valence-corrected chi connectivity index (χ1v) is 5.39. The van der Waals surface area contributed by atoms with Gasteiger partial charge in [0.25, 0.3) is 0 Å². The van der Waals surface area contributed by atoms with Crippen LogP contribution in [-0.4, -0.2) is 6.04 Å². The largest absolute Gasteiger partial charge is 0.327 e. The number of unbranched alkanes of at least 4 members (excludes halogenated alkanes) is 1. The molecule has 0 heterocycles. The van der Waals surface area contributed by atoms with E-state index in [4.69, 9.17) is 5.73 Å². The Hall–Kier alpha value is -0.0400. The lowest BCUT2D eigenvalue weighted by molar-refractivity contribution is 0.297. The Balaban J connectivity index is 3.67. The van der Waals surface area contributed by atoms with Gasteiger partial charge in [-0.05, 0) is 18.3 Å². The smallest absolute Gasteiger partial charge is 0.00644 e. The van der Waals surface area contributed by atoms with E-state index < -0.39 is 0 Å². The monoisotopic (exact) mass is 171 g/mol. The third kappa shape index (κ3) is 4.10. The number of hydrogen-bond acceptors (Lipinski definition) is 1. The molecule has 0 saturated carbocycles. The highest BCUT2D eigenvalue weighted by molar-refractivity contribution is 4.72. The van der Waals surface area contributed by atoms with Crippen LogP contribution in [0.4, 0.5) is 0 Å². The molecule has 74 valence electrons. The predicted octanol–water partition coefficient (Wildman–Crippen LogP) is 3.19. The van der Waals surface area contributed by atoms with E-state index in [0.717, 1.165) is 12.3 Å². The second-order valence-electron chi connectivity index (χ2n) is 4.05. The molecule has 0 aromatic rings. The molecule has 0 amide bonds. The van der Waals surface area contributed by atoms with E-state index in [1.54, 1.807) is 0 Å². The summed E-state index contributed by atoms with van der Waals surface area (Å²) in [7, 11) is 0. The molecule has 0 fully saturated rings. The zero-order valence-corrected chi connectivity index (χ0v) is 9.14. The van der Waals surface area contributed by atoms with Gasteiger partial charge in [-0.25, -0.2) is 0 Å². The first-order valence-electron chi connectivity index (χ1n) is 5.39. The van der Waals surface area contributed by atoms with E-state index in [1.165, 1.54) is 19.3 Å². The lowest BCUT2D eigenvalue weighted by Gasteiger charge is -2.24. The lowest BCUT2D eigenvalue weighted by atomic mass is 9.85. The van der Waals surface area contributed by atoms with Gasteiger partial charge in [0.05, 0.1) is 0 Å². The van der Waals surface area contributed by atoms with Crippen LogP contribution in [0.1, 0.15) is 53.4 Å². The van der Waals surface area contributed by atoms with Crippen LogP contribution in [0.5, 0.6) is 0 Å². The van der Waals surface area contributed by atoms with Crippen molar-refractivity contribution in [3.05, 3.63) is 0 Å². The summed E-state index contributed by atoms with van der Waals surface area (Å²) in [5.74, 6) is 1.47. The van der Waals surface area contributed by atoms with Crippen LogP contribution in [0.3, 0.4) is 0 Å². The summed E-state index contributed by atoms with van der Waals surface area (Å²) in [6, 6.07) is 0.400. The first kappa shape index (κ1) is 12.0. The second kappa shape index (κ2) is 6.47. The Kier molecular flexibility index (Phi) is 6.45. The predicted molar refractivity (Wildman–Crippen MR) is 56.1 cm³/mol. The topological polar surface area (TPSA) is 26.0 Å². The molecule has 0 rings (SSSR count). The number of hydrogen-bond donors (Lipinski definition) is 1. The minimum atomic E-state index is 0.400. The van der Waals surface area contributed by atoms with Gasteiger partial charge in [0.15, 0.2) is 0 Å². The molecule has 0 saturated heterocycles. The van der Waals surface area contributed by atoms with Gasteiger partial charge in [-0.15, -0.1) is 0 Å². The van der Waals surface area contributed by atoms with Gasteiger partial charge in [0.1, 0.15) is 0 Å². The van der Waals surface area contributed by atoms with Crippen molar-refractivity contribution in [3.8, 4) is 0 Å². The molecule has 0 unspecified atom stereocenters. The van der Waals surface area contributed by atoms with Gasteiger partial charge in [0.2, 0.25) is 0 Å². The molecule has 0 radical (unpaired) electrons. The highest BCUT2D eigenvalue weighted by atomic mass is 14.6. The summed E-state index contributed by atoms with van der Waals surface area (Å²) in [6.07, 6.45) is 5.10. The molecule has 2 N–H and O–H groups in total. The average molecular weight is 171 g/mol. The van der Waals surface area contributed by atoms with Crippen LogP contribution >= 0.6 is 0 Å². The van der Waals surface area contributed by atoms with Crippen molar-refractivity contribution >= 4 is 0 Å². The van der Waals surface area contributed by atoms with Crippen LogP contribution < -0.4 is 5.73 Å². The molecule has 3 atom stereocenters. The van der Waals surface area contributed by atoms with E-state index in [0.29, 0.717) is 12.0 Å². The summed E-state index contributed by atoms with van der Waals surface area (Å²) < 4.78 is 0. The lowest BCUT2D eigenvalue weighted by Crippen LogP contribution is -2.31. The SMILES string of the molecule is CCCC[C@@H](C)[C@@H](C)[C@@H](N)CC. The third-order valence-electron chi connectivity index (χ3n) is 3.06. The van der Waals surface area contributed by atoms with E-state index in [9.17, 15) is 0 Å². The Morgan fingerprint density at radius 1 is 1.17 bits per heavy atom. The van der Waals surface area contributed by atoms with E-state index in [2.05, 4.69) is 27.7 Å². The molecule has 0 aliphatic carbocycles. The summed E-state index contributed by atoms with van der Waals surface area (Å²) in [5, 5.41) is 0. The van der Waals surface area contributed by atoms with Gasteiger partial charge < -0.3 is 5.73 Å². The Morgan fingerprint density at radius 2 is 1.75 bits per heavy atom. The fraction of sp³-hybridized carbons (Fsp3) is 1.00. The molecule has 0 aliphatic heterocycles.